The van der Waals surface area contributed by atoms with Gasteiger partial charge in [0.1, 0.15) is 0 Å². The van der Waals surface area contributed by atoms with Gasteiger partial charge in [0.15, 0.2) is 0 Å². The van der Waals surface area contributed by atoms with E-state index in [0.717, 1.165) is 17.6 Å². The number of hydrogen-bond acceptors (Lipinski definition) is 2. The average molecular weight is 232 g/mol. The van der Waals surface area contributed by atoms with Crippen molar-refractivity contribution < 1.29 is 0 Å². The third kappa shape index (κ3) is 3.15. The number of nitrogens with zero attached hydrogens (tertiary/aromatic N) is 1. The smallest absolute Gasteiger partial charge is 0.0372 e. The molecule has 1 aliphatic carbocycles. The van der Waals surface area contributed by atoms with Gasteiger partial charge in [-0.2, -0.15) is 0 Å². The zero-order chi connectivity index (χ0) is 12.4. The zero-order valence-electron chi connectivity index (χ0n) is 11.2. The maximum Gasteiger partial charge on any atom is 0.0372 e. The predicted molar refractivity (Wildman–Crippen MR) is 75.4 cm³/mol. The van der Waals surface area contributed by atoms with Crippen molar-refractivity contribution in [3.8, 4) is 0 Å². The fourth-order valence-corrected chi connectivity index (χ4v) is 2.14. The normalized spacial score (nSPS) is 15.3. The molecule has 2 nitrogen and oxygen atoms in total. The van der Waals surface area contributed by atoms with Crippen LogP contribution in [0.1, 0.15) is 38.7 Å². The second-order valence-corrected chi connectivity index (χ2v) is 5.65. The molecule has 0 radical (unpaired) electrons. The number of benzene rings is 1. The number of hydrogen-bond donors (Lipinski definition) is 1. The number of anilines is 2. The second-order valence-electron chi connectivity index (χ2n) is 5.65. The third-order valence-corrected chi connectivity index (χ3v) is 3.52. The van der Waals surface area contributed by atoms with Crippen LogP contribution in [0.3, 0.4) is 0 Å². The monoisotopic (exact) mass is 232 g/mol. The molecule has 1 saturated carbocycles. The van der Waals surface area contributed by atoms with E-state index in [9.17, 15) is 0 Å². The fraction of sp³-hybridized carbons (Fsp3) is 0.600. The van der Waals surface area contributed by atoms with E-state index < -0.39 is 0 Å². The summed E-state index contributed by atoms with van der Waals surface area (Å²) in [5, 5.41) is 0. The summed E-state index contributed by atoms with van der Waals surface area (Å²) in [6.45, 7) is 7.84. The van der Waals surface area contributed by atoms with Gasteiger partial charge in [-0.05, 0) is 55.9 Å². The molecule has 2 rings (SSSR count). The number of nitrogen functional groups attached to an aromatic ring is 1. The first kappa shape index (κ1) is 12.3. The van der Waals surface area contributed by atoms with Crippen LogP contribution < -0.4 is 10.6 Å². The van der Waals surface area contributed by atoms with Crippen molar-refractivity contribution in [3.05, 3.63) is 23.8 Å². The van der Waals surface area contributed by atoms with Gasteiger partial charge in [0.25, 0.3) is 0 Å². The Morgan fingerprint density at radius 3 is 2.59 bits per heavy atom. The molecule has 0 spiro atoms. The minimum Gasteiger partial charge on any atom is -0.399 e. The van der Waals surface area contributed by atoms with Crippen LogP contribution in [0.2, 0.25) is 0 Å². The van der Waals surface area contributed by atoms with E-state index in [1.165, 1.54) is 37.1 Å². The van der Waals surface area contributed by atoms with Crippen molar-refractivity contribution >= 4 is 11.4 Å². The molecule has 1 aliphatic rings. The van der Waals surface area contributed by atoms with E-state index in [1.807, 2.05) is 6.07 Å². The molecule has 17 heavy (non-hydrogen) atoms. The van der Waals surface area contributed by atoms with Crippen molar-refractivity contribution in [2.24, 2.45) is 5.92 Å². The Balaban J connectivity index is 2.11. The topological polar surface area (TPSA) is 29.3 Å². The van der Waals surface area contributed by atoms with E-state index in [-0.39, 0.29) is 0 Å². The standard InChI is InChI=1S/C15H24N2/c1-11(2)8-9-17(13-4-5-13)14-6-7-15(16)12(3)10-14/h6-7,10-11,13H,4-5,8-9,16H2,1-3H3. The molecule has 0 aromatic heterocycles. The van der Waals surface area contributed by atoms with Gasteiger partial charge in [0, 0.05) is 24.0 Å². The molecule has 0 saturated heterocycles. The second kappa shape index (κ2) is 4.99. The molecule has 0 heterocycles. The minimum absolute atomic E-state index is 0.770. The van der Waals surface area contributed by atoms with Crippen LogP contribution in [0, 0.1) is 12.8 Å². The average Bonchev–Trinajstić information content (AvgIpc) is 3.07. The van der Waals surface area contributed by atoms with Gasteiger partial charge in [-0.3, -0.25) is 0 Å². The first-order valence-electron chi connectivity index (χ1n) is 6.70. The maximum absolute atomic E-state index is 5.88. The van der Waals surface area contributed by atoms with Crippen molar-refractivity contribution in [1.29, 1.82) is 0 Å². The van der Waals surface area contributed by atoms with Gasteiger partial charge in [-0.15, -0.1) is 0 Å². The molecule has 1 aromatic carbocycles. The Labute approximate surface area is 105 Å². The molecule has 2 heteroatoms. The van der Waals surface area contributed by atoms with Gasteiger partial charge >= 0.3 is 0 Å². The van der Waals surface area contributed by atoms with Crippen LogP contribution in [-0.2, 0) is 0 Å². The van der Waals surface area contributed by atoms with Crippen LogP contribution in [0.25, 0.3) is 0 Å². The number of aryl methyl sites for hydroxylation is 1. The van der Waals surface area contributed by atoms with Crippen molar-refractivity contribution in [2.45, 2.75) is 46.1 Å². The lowest BCUT2D eigenvalue weighted by Crippen LogP contribution is -2.27. The summed E-state index contributed by atoms with van der Waals surface area (Å²) in [6, 6.07) is 7.21. The van der Waals surface area contributed by atoms with Gasteiger partial charge in [0.05, 0.1) is 0 Å². The summed E-state index contributed by atoms with van der Waals surface area (Å²) in [4.78, 5) is 2.56. The fourth-order valence-electron chi connectivity index (χ4n) is 2.14. The molecule has 1 fully saturated rings. The SMILES string of the molecule is Cc1cc(N(CCC(C)C)C2CC2)ccc1N. The van der Waals surface area contributed by atoms with E-state index in [2.05, 4.69) is 37.8 Å². The molecular weight excluding hydrogens is 208 g/mol. The quantitative estimate of drug-likeness (QED) is 0.786. The lowest BCUT2D eigenvalue weighted by Gasteiger charge is -2.26. The van der Waals surface area contributed by atoms with Crippen LogP contribution in [0.5, 0.6) is 0 Å². The van der Waals surface area contributed by atoms with Crippen LogP contribution in [0.4, 0.5) is 11.4 Å². The molecule has 0 aliphatic heterocycles. The van der Waals surface area contributed by atoms with Crippen LogP contribution in [0.15, 0.2) is 18.2 Å². The lowest BCUT2D eigenvalue weighted by atomic mass is 10.1. The summed E-state index contributed by atoms with van der Waals surface area (Å²) >= 11 is 0. The third-order valence-electron chi connectivity index (χ3n) is 3.52. The highest BCUT2D eigenvalue weighted by Gasteiger charge is 2.29. The Hall–Kier alpha value is -1.18. The first-order valence-corrected chi connectivity index (χ1v) is 6.70. The Morgan fingerprint density at radius 1 is 1.35 bits per heavy atom. The largest absolute Gasteiger partial charge is 0.399 e. The summed E-state index contributed by atoms with van der Waals surface area (Å²) in [5.74, 6) is 0.770. The lowest BCUT2D eigenvalue weighted by molar-refractivity contribution is 0.571. The summed E-state index contributed by atoms with van der Waals surface area (Å²) in [6.07, 6.45) is 3.96. The predicted octanol–water partition coefficient (Wildman–Crippen LogP) is 3.59. The Kier molecular flexibility index (Phi) is 3.60. The molecule has 1 aromatic rings. The highest BCUT2D eigenvalue weighted by Crippen LogP contribution is 2.33. The first-order chi connectivity index (χ1) is 8.08. The molecule has 0 atom stereocenters. The van der Waals surface area contributed by atoms with Gasteiger partial charge in [0.2, 0.25) is 0 Å². The Bertz CT molecular complexity index is 381. The van der Waals surface area contributed by atoms with Crippen LogP contribution >= 0.6 is 0 Å². The van der Waals surface area contributed by atoms with Gasteiger partial charge in [-0.25, -0.2) is 0 Å². The van der Waals surface area contributed by atoms with E-state index in [0.29, 0.717) is 0 Å². The van der Waals surface area contributed by atoms with Gasteiger partial charge in [-0.1, -0.05) is 13.8 Å². The van der Waals surface area contributed by atoms with E-state index in [4.69, 9.17) is 5.73 Å². The van der Waals surface area contributed by atoms with Crippen molar-refractivity contribution in [1.82, 2.24) is 0 Å². The molecule has 0 bridgehead atoms. The summed E-state index contributed by atoms with van der Waals surface area (Å²) in [7, 11) is 0. The highest BCUT2D eigenvalue weighted by atomic mass is 15.2. The maximum atomic E-state index is 5.88. The summed E-state index contributed by atoms with van der Waals surface area (Å²) in [5.41, 5.74) is 9.32. The number of nitrogens with two attached hydrogens (primary N) is 1. The molecule has 0 unspecified atom stereocenters. The molecule has 94 valence electrons. The van der Waals surface area contributed by atoms with E-state index >= 15 is 0 Å². The summed E-state index contributed by atoms with van der Waals surface area (Å²) < 4.78 is 0. The molecular formula is C15H24N2. The Morgan fingerprint density at radius 2 is 2.06 bits per heavy atom. The molecule has 2 N–H and O–H groups in total. The van der Waals surface area contributed by atoms with E-state index in [1.54, 1.807) is 0 Å². The zero-order valence-corrected chi connectivity index (χ0v) is 11.2. The minimum atomic E-state index is 0.770. The van der Waals surface area contributed by atoms with Crippen LogP contribution in [-0.4, -0.2) is 12.6 Å². The molecule has 0 amide bonds. The van der Waals surface area contributed by atoms with Crippen molar-refractivity contribution in [2.75, 3.05) is 17.2 Å². The van der Waals surface area contributed by atoms with Gasteiger partial charge < -0.3 is 10.6 Å². The van der Waals surface area contributed by atoms with Crippen molar-refractivity contribution in [3.63, 3.8) is 0 Å². The highest BCUT2D eigenvalue weighted by molar-refractivity contribution is 5.59. The number of rotatable bonds is 5.